The van der Waals surface area contributed by atoms with Crippen molar-refractivity contribution in [1.29, 1.82) is 0 Å². The summed E-state index contributed by atoms with van der Waals surface area (Å²) in [5.74, 6) is 2.22. The van der Waals surface area contributed by atoms with Gasteiger partial charge in [-0.05, 0) is 24.6 Å². The molecule has 1 aromatic heterocycles. The Labute approximate surface area is 105 Å². The van der Waals surface area contributed by atoms with Crippen molar-refractivity contribution in [1.82, 2.24) is 15.2 Å². The molecule has 2 rings (SSSR count). The van der Waals surface area contributed by atoms with Crippen LogP contribution in [0.5, 0.6) is 5.75 Å². The molecule has 0 atom stereocenters. The highest BCUT2D eigenvalue weighted by molar-refractivity contribution is 6.30. The van der Waals surface area contributed by atoms with Gasteiger partial charge in [0.2, 0.25) is 0 Å². The molecule has 0 amide bonds. The summed E-state index contributed by atoms with van der Waals surface area (Å²) in [6.07, 6.45) is 1.91. The predicted octanol–water partition coefficient (Wildman–Crippen LogP) is 3.09. The molecule has 0 aliphatic carbocycles. The van der Waals surface area contributed by atoms with Crippen LogP contribution in [-0.2, 0) is 6.42 Å². The van der Waals surface area contributed by atoms with Crippen LogP contribution in [0.1, 0.15) is 19.2 Å². The van der Waals surface area contributed by atoms with Crippen LogP contribution in [0.3, 0.4) is 0 Å². The van der Waals surface area contributed by atoms with Crippen LogP contribution in [0.25, 0.3) is 11.4 Å². The van der Waals surface area contributed by atoms with Crippen molar-refractivity contribution in [2.45, 2.75) is 19.8 Å². The van der Waals surface area contributed by atoms with Crippen LogP contribution >= 0.6 is 11.6 Å². The van der Waals surface area contributed by atoms with Gasteiger partial charge >= 0.3 is 0 Å². The molecule has 5 heteroatoms. The Bertz CT molecular complexity index is 510. The Morgan fingerprint density at radius 3 is 2.94 bits per heavy atom. The van der Waals surface area contributed by atoms with Crippen molar-refractivity contribution in [3.8, 4) is 17.1 Å². The minimum atomic E-state index is 0.618. The standard InChI is InChI=1S/C12H14ClN3O/c1-3-4-11-14-12(16-15-11)9-7-8(13)5-6-10(9)17-2/h5-7H,3-4H2,1-2H3,(H,14,15,16). The summed E-state index contributed by atoms with van der Waals surface area (Å²) in [6.45, 7) is 2.10. The van der Waals surface area contributed by atoms with Crippen molar-refractivity contribution >= 4 is 11.6 Å². The van der Waals surface area contributed by atoms with E-state index in [0.29, 0.717) is 10.8 Å². The van der Waals surface area contributed by atoms with Gasteiger partial charge < -0.3 is 4.74 Å². The largest absolute Gasteiger partial charge is 0.496 e. The van der Waals surface area contributed by atoms with Crippen molar-refractivity contribution in [3.63, 3.8) is 0 Å². The second-order valence-corrected chi connectivity index (χ2v) is 4.14. The second-order valence-electron chi connectivity index (χ2n) is 3.70. The summed E-state index contributed by atoms with van der Waals surface area (Å²) in [6, 6.07) is 5.40. The molecular formula is C12H14ClN3O. The summed E-state index contributed by atoms with van der Waals surface area (Å²) in [5.41, 5.74) is 0.804. The quantitative estimate of drug-likeness (QED) is 0.909. The summed E-state index contributed by atoms with van der Waals surface area (Å²) in [7, 11) is 1.62. The van der Waals surface area contributed by atoms with E-state index in [1.165, 1.54) is 0 Å². The number of H-pyrrole nitrogens is 1. The molecule has 2 aromatic rings. The van der Waals surface area contributed by atoms with Gasteiger partial charge in [0.25, 0.3) is 0 Å². The van der Waals surface area contributed by atoms with E-state index in [-0.39, 0.29) is 0 Å². The van der Waals surface area contributed by atoms with Crippen molar-refractivity contribution < 1.29 is 4.74 Å². The summed E-state index contributed by atoms with van der Waals surface area (Å²) in [5, 5.41) is 7.74. The molecule has 1 N–H and O–H groups in total. The van der Waals surface area contributed by atoms with E-state index in [0.717, 1.165) is 30.0 Å². The fourth-order valence-corrected chi connectivity index (χ4v) is 1.79. The third-order valence-corrected chi connectivity index (χ3v) is 2.66. The molecule has 1 aromatic carbocycles. The molecule has 90 valence electrons. The lowest BCUT2D eigenvalue weighted by atomic mass is 10.2. The van der Waals surface area contributed by atoms with Crippen LogP contribution in [-0.4, -0.2) is 22.3 Å². The maximum atomic E-state index is 5.97. The van der Waals surface area contributed by atoms with Crippen molar-refractivity contribution in [3.05, 3.63) is 29.0 Å². The van der Waals surface area contributed by atoms with Gasteiger partial charge in [0.15, 0.2) is 5.82 Å². The fourth-order valence-electron chi connectivity index (χ4n) is 1.62. The number of nitrogens with one attached hydrogen (secondary N) is 1. The fraction of sp³-hybridized carbons (Fsp3) is 0.333. The first kappa shape index (κ1) is 11.9. The maximum absolute atomic E-state index is 5.97. The number of hydrogen-bond donors (Lipinski definition) is 1. The zero-order valence-electron chi connectivity index (χ0n) is 9.83. The number of hydrogen-bond acceptors (Lipinski definition) is 3. The molecule has 0 fully saturated rings. The normalized spacial score (nSPS) is 10.5. The van der Waals surface area contributed by atoms with Crippen LogP contribution in [0.2, 0.25) is 5.02 Å². The van der Waals surface area contributed by atoms with E-state index >= 15 is 0 Å². The maximum Gasteiger partial charge on any atom is 0.184 e. The van der Waals surface area contributed by atoms with Gasteiger partial charge in [0, 0.05) is 11.4 Å². The van der Waals surface area contributed by atoms with E-state index in [1.54, 1.807) is 19.2 Å². The van der Waals surface area contributed by atoms with Crippen molar-refractivity contribution in [2.24, 2.45) is 0 Å². The molecule has 17 heavy (non-hydrogen) atoms. The zero-order valence-corrected chi connectivity index (χ0v) is 10.6. The molecule has 1 heterocycles. The molecular weight excluding hydrogens is 238 g/mol. The third-order valence-electron chi connectivity index (χ3n) is 2.42. The molecule has 0 saturated heterocycles. The number of rotatable bonds is 4. The average Bonchev–Trinajstić information content (AvgIpc) is 2.78. The molecule has 0 aliphatic heterocycles. The van der Waals surface area contributed by atoms with Gasteiger partial charge in [0.1, 0.15) is 11.6 Å². The zero-order chi connectivity index (χ0) is 12.3. The molecule has 0 saturated carbocycles. The lowest BCUT2D eigenvalue weighted by molar-refractivity contribution is 0.416. The number of nitrogens with zero attached hydrogens (tertiary/aromatic N) is 2. The number of aryl methyl sites for hydroxylation is 1. The Morgan fingerprint density at radius 2 is 2.24 bits per heavy atom. The monoisotopic (exact) mass is 251 g/mol. The minimum Gasteiger partial charge on any atom is -0.496 e. The number of benzene rings is 1. The van der Waals surface area contributed by atoms with Crippen LogP contribution in [0.15, 0.2) is 18.2 Å². The highest BCUT2D eigenvalue weighted by Gasteiger charge is 2.11. The van der Waals surface area contributed by atoms with Gasteiger partial charge in [-0.2, -0.15) is 5.10 Å². The lowest BCUT2D eigenvalue weighted by Gasteiger charge is -2.05. The number of methoxy groups -OCH3 is 1. The summed E-state index contributed by atoms with van der Waals surface area (Å²) in [4.78, 5) is 4.41. The molecule has 4 nitrogen and oxygen atoms in total. The number of aromatic nitrogens is 3. The van der Waals surface area contributed by atoms with E-state index < -0.39 is 0 Å². The van der Waals surface area contributed by atoms with Gasteiger partial charge in [-0.25, -0.2) is 4.98 Å². The van der Waals surface area contributed by atoms with Gasteiger partial charge in [-0.15, -0.1) is 0 Å². The van der Waals surface area contributed by atoms with Gasteiger partial charge in [-0.3, -0.25) is 5.10 Å². The minimum absolute atomic E-state index is 0.618. The highest BCUT2D eigenvalue weighted by atomic mass is 35.5. The number of ether oxygens (including phenoxy) is 1. The summed E-state index contributed by atoms with van der Waals surface area (Å²) >= 11 is 5.97. The van der Waals surface area contributed by atoms with Crippen LogP contribution in [0, 0.1) is 0 Å². The molecule has 0 bridgehead atoms. The highest BCUT2D eigenvalue weighted by Crippen LogP contribution is 2.30. The smallest absolute Gasteiger partial charge is 0.184 e. The summed E-state index contributed by atoms with van der Waals surface area (Å²) < 4.78 is 5.27. The van der Waals surface area contributed by atoms with E-state index in [2.05, 4.69) is 22.1 Å². The Hall–Kier alpha value is -1.55. The first-order valence-corrected chi connectivity index (χ1v) is 5.87. The Balaban J connectivity index is 2.40. The van der Waals surface area contributed by atoms with Crippen molar-refractivity contribution in [2.75, 3.05) is 7.11 Å². The molecule has 0 unspecified atom stereocenters. The van der Waals surface area contributed by atoms with E-state index in [1.807, 2.05) is 6.07 Å². The second kappa shape index (κ2) is 5.19. The van der Waals surface area contributed by atoms with Gasteiger partial charge in [0.05, 0.1) is 12.7 Å². The number of halogens is 1. The first-order chi connectivity index (χ1) is 8.24. The molecule has 0 spiro atoms. The van der Waals surface area contributed by atoms with Crippen LogP contribution < -0.4 is 4.74 Å². The van der Waals surface area contributed by atoms with E-state index in [9.17, 15) is 0 Å². The first-order valence-electron chi connectivity index (χ1n) is 5.49. The average molecular weight is 252 g/mol. The lowest BCUT2D eigenvalue weighted by Crippen LogP contribution is -1.90. The topological polar surface area (TPSA) is 50.8 Å². The predicted molar refractivity (Wildman–Crippen MR) is 67.4 cm³/mol. The van der Waals surface area contributed by atoms with Crippen LogP contribution in [0.4, 0.5) is 0 Å². The van der Waals surface area contributed by atoms with E-state index in [4.69, 9.17) is 16.3 Å². The molecule has 0 aliphatic rings. The number of aromatic amines is 1. The SMILES string of the molecule is CCCc1nc(-c2cc(Cl)ccc2OC)n[nH]1. The molecule has 0 radical (unpaired) electrons. The Morgan fingerprint density at radius 1 is 1.41 bits per heavy atom. The van der Waals surface area contributed by atoms with Gasteiger partial charge in [-0.1, -0.05) is 18.5 Å². The Kier molecular flexibility index (Phi) is 3.64. The third kappa shape index (κ3) is 2.58.